The Morgan fingerprint density at radius 3 is 3.07 bits per heavy atom. The normalized spacial score (nSPS) is 12.4. The molecule has 1 rings (SSSR count). The van der Waals surface area contributed by atoms with E-state index < -0.39 is 0 Å². The molecule has 78 valence electrons. The molecule has 1 unspecified atom stereocenters. The molecule has 0 saturated heterocycles. The minimum Gasteiger partial charge on any atom is -0.396 e. The minimum atomic E-state index is -0.189. The number of carbonyl (C=O) groups excluding carboxylic acids is 1. The average Bonchev–Trinajstić information content (AvgIpc) is 2.68. The van der Waals surface area contributed by atoms with E-state index in [1.807, 2.05) is 0 Å². The predicted molar refractivity (Wildman–Crippen MR) is 51.6 cm³/mol. The molecule has 3 N–H and O–H groups in total. The summed E-state index contributed by atoms with van der Waals surface area (Å²) in [7, 11) is 1.60. The second-order valence-corrected chi connectivity index (χ2v) is 3.10. The fourth-order valence-corrected chi connectivity index (χ4v) is 1.35. The molecule has 0 aliphatic carbocycles. The summed E-state index contributed by atoms with van der Waals surface area (Å²) in [6.45, 7) is 0.0201. The summed E-state index contributed by atoms with van der Waals surface area (Å²) in [5.41, 5.74) is 0.909. The maximum atomic E-state index is 11.4. The van der Waals surface area contributed by atoms with Gasteiger partial charge < -0.3 is 15.4 Å². The summed E-state index contributed by atoms with van der Waals surface area (Å²) < 4.78 is 0. The molecule has 1 heterocycles. The van der Waals surface area contributed by atoms with Crippen molar-refractivity contribution >= 4 is 5.91 Å². The van der Waals surface area contributed by atoms with Gasteiger partial charge in [-0.3, -0.25) is 4.79 Å². The second-order valence-electron chi connectivity index (χ2n) is 3.10. The van der Waals surface area contributed by atoms with E-state index in [2.05, 4.69) is 15.3 Å². The first-order valence-electron chi connectivity index (χ1n) is 4.57. The zero-order chi connectivity index (χ0) is 10.4. The molecule has 1 aromatic heterocycles. The highest BCUT2D eigenvalue weighted by atomic mass is 16.3. The van der Waals surface area contributed by atoms with E-state index in [0.29, 0.717) is 12.8 Å². The molecule has 5 heteroatoms. The van der Waals surface area contributed by atoms with E-state index in [1.54, 1.807) is 19.6 Å². The minimum absolute atomic E-state index is 0.0201. The van der Waals surface area contributed by atoms with Crippen LogP contribution >= 0.6 is 0 Å². The summed E-state index contributed by atoms with van der Waals surface area (Å²) in [5, 5.41) is 11.4. The van der Waals surface area contributed by atoms with Crippen LogP contribution in [-0.2, 0) is 11.2 Å². The van der Waals surface area contributed by atoms with Crippen LogP contribution < -0.4 is 5.32 Å². The van der Waals surface area contributed by atoms with Crippen LogP contribution in [0, 0.1) is 5.92 Å². The number of imidazole rings is 1. The van der Waals surface area contributed by atoms with Crippen molar-refractivity contribution < 1.29 is 9.90 Å². The standard InChI is InChI=1S/C9H15N3O2/c1-10-9(14)7(2-3-13)4-8-5-11-6-12-8/h5-7,13H,2-4H2,1H3,(H,10,14)(H,11,12). The van der Waals surface area contributed by atoms with Crippen molar-refractivity contribution in [2.75, 3.05) is 13.7 Å². The number of amides is 1. The van der Waals surface area contributed by atoms with Gasteiger partial charge in [-0.25, -0.2) is 4.98 Å². The van der Waals surface area contributed by atoms with E-state index in [4.69, 9.17) is 5.11 Å². The second kappa shape index (κ2) is 5.39. The molecule has 14 heavy (non-hydrogen) atoms. The topological polar surface area (TPSA) is 78.0 Å². The van der Waals surface area contributed by atoms with Crippen molar-refractivity contribution in [1.82, 2.24) is 15.3 Å². The summed E-state index contributed by atoms with van der Waals surface area (Å²) in [4.78, 5) is 18.2. The average molecular weight is 197 g/mol. The highest BCUT2D eigenvalue weighted by Crippen LogP contribution is 2.09. The van der Waals surface area contributed by atoms with Crippen molar-refractivity contribution in [3.8, 4) is 0 Å². The largest absolute Gasteiger partial charge is 0.396 e. The fourth-order valence-electron chi connectivity index (χ4n) is 1.35. The van der Waals surface area contributed by atoms with Crippen LogP contribution in [0.15, 0.2) is 12.5 Å². The van der Waals surface area contributed by atoms with Crippen molar-refractivity contribution in [3.05, 3.63) is 18.2 Å². The highest BCUT2D eigenvalue weighted by Gasteiger charge is 2.17. The van der Waals surface area contributed by atoms with Crippen LogP contribution in [0.4, 0.5) is 0 Å². The van der Waals surface area contributed by atoms with Crippen LogP contribution in [0.3, 0.4) is 0 Å². The first-order valence-corrected chi connectivity index (χ1v) is 4.57. The molecule has 5 nitrogen and oxygen atoms in total. The number of nitrogens with zero attached hydrogens (tertiary/aromatic N) is 1. The van der Waals surface area contributed by atoms with Gasteiger partial charge in [0.05, 0.1) is 6.33 Å². The van der Waals surface area contributed by atoms with Gasteiger partial charge in [-0.05, 0) is 6.42 Å². The Bertz CT molecular complexity index is 272. The number of nitrogens with one attached hydrogen (secondary N) is 2. The highest BCUT2D eigenvalue weighted by molar-refractivity contribution is 5.78. The Morgan fingerprint density at radius 2 is 2.57 bits per heavy atom. The quantitative estimate of drug-likeness (QED) is 0.606. The van der Waals surface area contributed by atoms with Crippen LogP contribution in [0.5, 0.6) is 0 Å². The van der Waals surface area contributed by atoms with E-state index >= 15 is 0 Å². The third kappa shape index (κ3) is 2.85. The summed E-state index contributed by atoms with van der Waals surface area (Å²) in [5.74, 6) is -0.237. The number of aliphatic hydroxyl groups excluding tert-OH is 1. The number of aromatic amines is 1. The Kier molecular flexibility index (Phi) is 4.12. The monoisotopic (exact) mass is 197 g/mol. The molecule has 0 aliphatic rings. The van der Waals surface area contributed by atoms with Gasteiger partial charge in [-0.2, -0.15) is 0 Å². The molecule has 0 spiro atoms. The third-order valence-corrected chi connectivity index (χ3v) is 2.12. The predicted octanol–water partition coefficient (Wildman–Crippen LogP) is -0.303. The number of rotatable bonds is 5. The lowest BCUT2D eigenvalue weighted by Gasteiger charge is -2.12. The smallest absolute Gasteiger partial charge is 0.223 e. The third-order valence-electron chi connectivity index (χ3n) is 2.12. The maximum Gasteiger partial charge on any atom is 0.223 e. The molecule has 0 fully saturated rings. The lowest BCUT2D eigenvalue weighted by Crippen LogP contribution is -2.29. The van der Waals surface area contributed by atoms with Crippen LogP contribution in [0.2, 0.25) is 0 Å². The first kappa shape index (κ1) is 10.7. The summed E-state index contributed by atoms with van der Waals surface area (Å²) in [6, 6.07) is 0. The molecule has 0 saturated carbocycles. The number of carbonyl (C=O) groups is 1. The SMILES string of the molecule is CNC(=O)C(CCO)Cc1cnc[nH]1. The molecular formula is C9H15N3O2. The fraction of sp³-hybridized carbons (Fsp3) is 0.556. The van der Waals surface area contributed by atoms with Gasteiger partial charge >= 0.3 is 0 Å². The molecule has 0 radical (unpaired) electrons. The van der Waals surface area contributed by atoms with E-state index in [-0.39, 0.29) is 18.4 Å². The molecule has 1 amide bonds. The van der Waals surface area contributed by atoms with Gasteiger partial charge in [0.2, 0.25) is 5.91 Å². The zero-order valence-electron chi connectivity index (χ0n) is 8.16. The van der Waals surface area contributed by atoms with Crippen LogP contribution in [0.1, 0.15) is 12.1 Å². The molecule has 0 aromatic carbocycles. The lowest BCUT2D eigenvalue weighted by atomic mass is 9.99. The molecule has 0 aliphatic heterocycles. The number of hydrogen-bond donors (Lipinski definition) is 3. The lowest BCUT2D eigenvalue weighted by molar-refractivity contribution is -0.125. The van der Waals surface area contributed by atoms with Gasteiger partial charge in [-0.15, -0.1) is 0 Å². The number of H-pyrrole nitrogens is 1. The Hall–Kier alpha value is -1.36. The van der Waals surface area contributed by atoms with Crippen LogP contribution in [-0.4, -0.2) is 34.6 Å². The summed E-state index contributed by atoms with van der Waals surface area (Å²) >= 11 is 0. The molecule has 1 aromatic rings. The Morgan fingerprint density at radius 1 is 1.79 bits per heavy atom. The van der Waals surface area contributed by atoms with Gasteiger partial charge in [0.1, 0.15) is 0 Å². The first-order chi connectivity index (χ1) is 6.77. The Labute approximate surface area is 82.6 Å². The van der Waals surface area contributed by atoms with Gasteiger partial charge in [0.25, 0.3) is 0 Å². The van der Waals surface area contributed by atoms with Crippen molar-refractivity contribution in [3.63, 3.8) is 0 Å². The van der Waals surface area contributed by atoms with Crippen LogP contribution in [0.25, 0.3) is 0 Å². The number of aliphatic hydroxyl groups is 1. The molecule has 1 atom stereocenters. The zero-order valence-corrected chi connectivity index (χ0v) is 8.16. The van der Waals surface area contributed by atoms with Gasteiger partial charge in [0.15, 0.2) is 0 Å². The van der Waals surface area contributed by atoms with Gasteiger partial charge in [0, 0.05) is 37.9 Å². The summed E-state index contributed by atoms with van der Waals surface area (Å²) in [6.07, 6.45) is 4.32. The molecular weight excluding hydrogens is 182 g/mol. The van der Waals surface area contributed by atoms with E-state index in [0.717, 1.165) is 5.69 Å². The number of aromatic nitrogens is 2. The van der Waals surface area contributed by atoms with E-state index in [1.165, 1.54) is 0 Å². The van der Waals surface area contributed by atoms with Crippen molar-refractivity contribution in [2.45, 2.75) is 12.8 Å². The molecule has 0 bridgehead atoms. The van der Waals surface area contributed by atoms with Crippen molar-refractivity contribution in [2.24, 2.45) is 5.92 Å². The van der Waals surface area contributed by atoms with E-state index in [9.17, 15) is 4.79 Å². The Balaban J connectivity index is 2.55. The maximum absolute atomic E-state index is 11.4. The van der Waals surface area contributed by atoms with Crippen molar-refractivity contribution in [1.29, 1.82) is 0 Å². The number of hydrogen-bond acceptors (Lipinski definition) is 3. The van der Waals surface area contributed by atoms with Gasteiger partial charge in [-0.1, -0.05) is 0 Å².